The van der Waals surface area contributed by atoms with E-state index in [1.54, 1.807) is 0 Å². The first-order chi connectivity index (χ1) is 9.11. The maximum absolute atomic E-state index is 13.5. The van der Waals surface area contributed by atoms with Crippen molar-refractivity contribution in [3.63, 3.8) is 0 Å². The van der Waals surface area contributed by atoms with Gasteiger partial charge in [-0.1, -0.05) is 0 Å². The molecule has 1 aromatic carbocycles. The zero-order chi connectivity index (χ0) is 13.6. The van der Waals surface area contributed by atoms with Gasteiger partial charge in [0.15, 0.2) is 11.6 Å². The highest BCUT2D eigenvalue weighted by Gasteiger charge is 2.24. The topological polar surface area (TPSA) is 44.9 Å². The molecule has 100 valence electrons. The Bertz CT molecular complexity index is 709. The van der Waals surface area contributed by atoms with Crippen molar-refractivity contribution in [2.24, 2.45) is 0 Å². The van der Waals surface area contributed by atoms with Gasteiger partial charge in [-0.3, -0.25) is 4.79 Å². The molecule has 1 aromatic heterocycles. The summed E-state index contributed by atoms with van der Waals surface area (Å²) in [5.41, 5.74) is 1.36. The van der Waals surface area contributed by atoms with Crippen molar-refractivity contribution in [1.29, 1.82) is 0 Å². The number of aryl methyl sites for hydroxylation is 1. The third kappa shape index (κ3) is 1.85. The molecule has 1 heterocycles. The SMILES string of the molecule is CN[C@@H]1CCCc2[nH]c(=O)c3cc(F)c(F)cc3c21. The fraction of sp³-hybridized carbons (Fsp3) is 0.357. The Kier molecular flexibility index (Phi) is 2.86. The number of nitrogens with one attached hydrogen (secondary N) is 2. The molecular formula is C14H14F2N2O. The van der Waals surface area contributed by atoms with E-state index in [0.717, 1.165) is 42.7 Å². The number of H-pyrrole nitrogens is 1. The number of benzene rings is 1. The van der Waals surface area contributed by atoms with Gasteiger partial charge in [-0.05, 0) is 49.4 Å². The molecule has 5 heteroatoms. The first-order valence-electron chi connectivity index (χ1n) is 6.33. The van der Waals surface area contributed by atoms with E-state index >= 15 is 0 Å². The number of aromatic nitrogens is 1. The lowest BCUT2D eigenvalue weighted by Crippen LogP contribution is -2.25. The third-order valence-corrected chi connectivity index (χ3v) is 3.80. The Hall–Kier alpha value is -1.75. The van der Waals surface area contributed by atoms with Gasteiger partial charge in [0.1, 0.15) is 0 Å². The van der Waals surface area contributed by atoms with E-state index in [0.29, 0.717) is 5.39 Å². The summed E-state index contributed by atoms with van der Waals surface area (Å²) in [5.74, 6) is -1.91. The molecule has 0 bridgehead atoms. The average Bonchev–Trinajstić information content (AvgIpc) is 2.40. The summed E-state index contributed by atoms with van der Waals surface area (Å²) in [6, 6.07) is 2.17. The molecule has 0 fully saturated rings. The van der Waals surface area contributed by atoms with Crippen LogP contribution in [0.3, 0.4) is 0 Å². The van der Waals surface area contributed by atoms with Crippen LogP contribution in [-0.4, -0.2) is 12.0 Å². The maximum atomic E-state index is 13.5. The summed E-state index contributed by atoms with van der Waals surface area (Å²) in [7, 11) is 1.83. The van der Waals surface area contributed by atoms with Gasteiger partial charge in [-0.2, -0.15) is 0 Å². The summed E-state index contributed by atoms with van der Waals surface area (Å²) < 4.78 is 26.8. The van der Waals surface area contributed by atoms with Crippen LogP contribution >= 0.6 is 0 Å². The highest BCUT2D eigenvalue weighted by Crippen LogP contribution is 2.33. The van der Waals surface area contributed by atoms with Crippen LogP contribution in [0.5, 0.6) is 0 Å². The Morgan fingerprint density at radius 1 is 1.26 bits per heavy atom. The zero-order valence-electron chi connectivity index (χ0n) is 10.5. The minimum atomic E-state index is -0.991. The molecule has 1 atom stereocenters. The van der Waals surface area contributed by atoms with E-state index < -0.39 is 11.6 Å². The molecule has 2 aromatic rings. The Balaban J connectivity index is 2.42. The highest BCUT2D eigenvalue weighted by molar-refractivity contribution is 5.86. The quantitative estimate of drug-likeness (QED) is 0.830. The van der Waals surface area contributed by atoms with Crippen molar-refractivity contribution in [3.8, 4) is 0 Å². The van der Waals surface area contributed by atoms with Gasteiger partial charge < -0.3 is 10.3 Å². The predicted molar refractivity (Wildman–Crippen MR) is 69.2 cm³/mol. The van der Waals surface area contributed by atoms with Gasteiger partial charge in [0.2, 0.25) is 0 Å². The molecule has 0 spiro atoms. The minimum absolute atomic E-state index is 0.0629. The molecular weight excluding hydrogens is 250 g/mol. The van der Waals surface area contributed by atoms with Gasteiger partial charge in [0.25, 0.3) is 5.56 Å². The Morgan fingerprint density at radius 3 is 2.63 bits per heavy atom. The second kappa shape index (κ2) is 4.42. The van der Waals surface area contributed by atoms with Gasteiger partial charge in [0, 0.05) is 11.7 Å². The second-order valence-corrected chi connectivity index (χ2v) is 4.89. The van der Waals surface area contributed by atoms with Gasteiger partial charge in [-0.15, -0.1) is 0 Å². The predicted octanol–water partition coefficient (Wildman–Crippen LogP) is 2.40. The Labute approximate surface area is 108 Å². The molecule has 2 N–H and O–H groups in total. The van der Waals surface area contributed by atoms with E-state index in [1.807, 2.05) is 7.05 Å². The summed E-state index contributed by atoms with van der Waals surface area (Å²) in [5, 5.41) is 3.89. The molecule has 0 saturated carbocycles. The number of aromatic amines is 1. The van der Waals surface area contributed by atoms with Crippen LogP contribution in [0.25, 0.3) is 10.8 Å². The number of rotatable bonds is 1. The van der Waals surface area contributed by atoms with Crippen LogP contribution in [-0.2, 0) is 6.42 Å². The summed E-state index contributed by atoms with van der Waals surface area (Å²) in [6.07, 6.45) is 2.64. The first-order valence-corrected chi connectivity index (χ1v) is 6.33. The lowest BCUT2D eigenvalue weighted by molar-refractivity contribution is 0.491. The molecule has 0 radical (unpaired) electrons. The van der Waals surface area contributed by atoms with Gasteiger partial charge in [-0.25, -0.2) is 8.78 Å². The van der Waals surface area contributed by atoms with Crippen molar-refractivity contribution in [3.05, 3.63) is 45.4 Å². The monoisotopic (exact) mass is 264 g/mol. The summed E-state index contributed by atoms with van der Waals surface area (Å²) in [4.78, 5) is 14.7. The molecule has 3 nitrogen and oxygen atoms in total. The zero-order valence-corrected chi connectivity index (χ0v) is 10.5. The first kappa shape index (κ1) is 12.3. The van der Waals surface area contributed by atoms with E-state index in [1.165, 1.54) is 0 Å². The average molecular weight is 264 g/mol. The molecule has 0 unspecified atom stereocenters. The molecule has 3 rings (SSSR count). The van der Waals surface area contributed by atoms with Crippen molar-refractivity contribution in [2.75, 3.05) is 7.05 Å². The fourth-order valence-electron chi connectivity index (χ4n) is 2.90. The second-order valence-electron chi connectivity index (χ2n) is 4.89. The van der Waals surface area contributed by atoms with Crippen LogP contribution in [0.2, 0.25) is 0 Å². The number of hydrogen-bond acceptors (Lipinski definition) is 2. The maximum Gasteiger partial charge on any atom is 0.256 e. The molecule has 0 saturated heterocycles. The summed E-state index contributed by atoms with van der Waals surface area (Å²) in [6.45, 7) is 0. The summed E-state index contributed by atoms with van der Waals surface area (Å²) >= 11 is 0. The van der Waals surface area contributed by atoms with Crippen molar-refractivity contribution >= 4 is 10.8 Å². The van der Waals surface area contributed by atoms with E-state index in [4.69, 9.17) is 0 Å². The number of pyridine rings is 1. The van der Waals surface area contributed by atoms with E-state index in [9.17, 15) is 13.6 Å². The van der Waals surface area contributed by atoms with Crippen LogP contribution in [0.1, 0.15) is 30.1 Å². The number of halogens is 2. The molecule has 0 amide bonds. The van der Waals surface area contributed by atoms with Crippen molar-refractivity contribution in [2.45, 2.75) is 25.3 Å². The lowest BCUT2D eigenvalue weighted by atomic mass is 9.88. The van der Waals surface area contributed by atoms with E-state index in [2.05, 4.69) is 10.3 Å². The molecule has 1 aliphatic carbocycles. The fourth-order valence-corrected chi connectivity index (χ4v) is 2.90. The van der Waals surface area contributed by atoms with Crippen LogP contribution in [0.15, 0.2) is 16.9 Å². The largest absolute Gasteiger partial charge is 0.325 e. The number of fused-ring (bicyclic) bond motifs is 3. The van der Waals surface area contributed by atoms with Gasteiger partial charge >= 0.3 is 0 Å². The van der Waals surface area contributed by atoms with Crippen LogP contribution in [0, 0.1) is 11.6 Å². The number of hydrogen-bond donors (Lipinski definition) is 2. The van der Waals surface area contributed by atoms with Gasteiger partial charge in [0.05, 0.1) is 5.39 Å². The normalized spacial score (nSPS) is 18.6. The van der Waals surface area contributed by atoms with Crippen molar-refractivity contribution in [1.82, 2.24) is 10.3 Å². The minimum Gasteiger partial charge on any atom is -0.325 e. The molecule has 19 heavy (non-hydrogen) atoms. The molecule has 1 aliphatic rings. The van der Waals surface area contributed by atoms with Crippen molar-refractivity contribution < 1.29 is 8.78 Å². The smallest absolute Gasteiger partial charge is 0.256 e. The third-order valence-electron chi connectivity index (χ3n) is 3.80. The Morgan fingerprint density at radius 2 is 1.95 bits per heavy atom. The van der Waals surface area contributed by atoms with E-state index in [-0.39, 0.29) is 17.0 Å². The van der Waals surface area contributed by atoms with Crippen LogP contribution in [0.4, 0.5) is 8.78 Å². The standard InChI is InChI=1S/C14H14F2N2O/c1-17-11-3-2-4-12-13(11)7-5-9(15)10(16)6-8(7)14(19)18-12/h5-6,11,17H,2-4H2,1H3,(H,18,19)/t11-/m1/s1. The highest BCUT2D eigenvalue weighted by atomic mass is 19.2. The lowest BCUT2D eigenvalue weighted by Gasteiger charge is -2.26. The van der Waals surface area contributed by atoms with Crippen LogP contribution < -0.4 is 10.9 Å². The molecule has 0 aliphatic heterocycles.